The Morgan fingerprint density at radius 3 is 2.53 bits per heavy atom. The third-order valence-corrected chi connectivity index (χ3v) is 4.15. The number of amides is 1. The highest BCUT2D eigenvalue weighted by Crippen LogP contribution is 2.29. The Kier molecular flexibility index (Phi) is 6.84. The van der Waals surface area contributed by atoms with E-state index in [1.54, 1.807) is 7.05 Å². The van der Waals surface area contributed by atoms with Crippen LogP contribution in [0.1, 0.15) is 20.3 Å². The van der Waals surface area contributed by atoms with E-state index in [-0.39, 0.29) is 5.91 Å². The van der Waals surface area contributed by atoms with Gasteiger partial charge in [-0.2, -0.15) is 0 Å². The molecule has 6 heteroatoms. The first-order valence-corrected chi connectivity index (χ1v) is 6.86. The zero-order chi connectivity index (χ0) is 11.9. The highest BCUT2D eigenvalue weighted by Gasteiger charge is 2.33. The number of thioether (sulfide) groups is 2. The molecule has 0 aromatic carbocycles. The molecule has 0 aromatic heterocycles. The average Bonchev–Trinajstić information content (AvgIpc) is 2.26. The summed E-state index contributed by atoms with van der Waals surface area (Å²) in [5.41, 5.74) is 0. The van der Waals surface area contributed by atoms with Crippen molar-refractivity contribution in [3.05, 3.63) is 0 Å². The summed E-state index contributed by atoms with van der Waals surface area (Å²) in [6, 6.07) is 0. The van der Waals surface area contributed by atoms with Gasteiger partial charge in [0.15, 0.2) is 0 Å². The van der Waals surface area contributed by atoms with Crippen LogP contribution in [0, 0.1) is 0 Å². The standard InChI is InChI=1S/C9H18N2O2S2/c1-5-15-7(11-13)6-9(2,14-4)8(12)10-3/h13H,5-6H2,1-4H3,(H,10,12). The van der Waals surface area contributed by atoms with Gasteiger partial charge in [-0.1, -0.05) is 12.1 Å². The summed E-state index contributed by atoms with van der Waals surface area (Å²) in [6.45, 7) is 3.82. The lowest BCUT2D eigenvalue weighted by Gasteiger charge is -2.25. The number of nitrogens with one attached hydrogen (secondary N) is 1. The lowest BCUT2D eigenvalue weighted by molar-refractivity contribution is -0.122. The van der Waals surface area contributed by atoms with Gasteiger partial charge in [-0.3, -0.25) is 4.79 Å². The van der Waals surface area contributed by atoms with Gasteiger partial charge in [0, 0.05) is 13.5 Å². The molecule has 88 valence electrons. The number of carbonyl (C=O) groups excluding carboxylic acids is 1. The largest absolute Gasteiger partial charge is 0.410 e. The number of carbonyl (C=O) groups is 1. The summed E-state index contributed by atoms with van der Waals surface area (Å²) in [4.78, 5) is 11.6. The van der Waals surface area contributed by atoms with Crippen LogP contribution >= 0.6 is 23.5 Å². The van der Waals surface area contributed by atoms with E-state index in [4.69, 9.17) is 5.21 Å². The van der Waals surface area contributed by atoms with Gasteiger partial charge in [0.25, 0.3) is 0 Å². The van der Waals surface area contributed by atoms with E-state index >= 15 is 0 Å². The van der Waals surface area contributed by atoms with Crippen molar-refractivity contribution >= 4 is 34.5 Å². The van der Waals surface area contributed by atoms with Crippen molar-refractivity contribution in [1.82, 2.24) is 5.32 Å². The van der Waals surface area contributed by atoms with Crippen LogP contribution in [0.4, 0.5) is 0 Å². The summed E-state index contributed by atoms with van der Waals surface area (Å²) >= 11 is 2.91. The first kappa shape index (κ1) is 14.6. The predicted molar refractivity (Wildman–Crippen MR) is 68.0 cm³/mol. The van der Waals surface area contributed by atoms with Gasteiger partial charge in [-0.05, 0) is 18.9 Å². The second-order valence-electron chi connectivity index (χ2n) is 3.12. The molecule has 0 aromatic rings. The molecule has 15 heavy (non-hydrogen) atoms. The zero-order valence-corrected chi connectivity index (χ0v) is 11.2. The maximum absolute atomic E-state index is 11.6. The fourth-order valence-corrected chi connectivity index (χ4v) is 2.52. The maximum Gasteiger partial charge on any atom is 0.236 e. The third-order valence-electron chi connectivity index (χ3n) is 2.07. The average molecular weight is 250 g/mol. The molecule has 0 bridgehead atoms. The summed E-state index contributed by atoms with van der Waals surface area (Å²) in [5, 5.41) is 15.2. The Morgan fingerprint density at radius 1 is 1.60 bits per heavy atom. The van der Waals surface area contributed by atoms with E-state index in [1.807, 2.05) is 20.1 Å². The predicted octanol–water partition coefficient (Wildman–Crippen LogP) is 1.78. The Morgan fingerprint density at radius 2 is 2.20 bits per heavy atom. The lowest BCUT2D eigenvalue weighted by atomic mass is 10.1. The van der Waals surface area contributed by atoms with Crippen LogP contribution in [0.15, 0.2) is 5.16 Å². The summed E-state index contributed by atoms with van der Waals surface area (Å²) < 4.78 is -0.571. The summed E-state index contributed by atoms with van der Waals surface area (Å²) in [7, 11) is 1.61. The van der Waals surface area contributed by atoms with Gasteiger partial charge in [-0.15, -0.1) is 23.5 Å². The third kappa shape index (κ3) is 4.34. The van der Waals surface area contributed by atoms with Gasteiger partial charge >= 0.3 is 0 Å². The van der Waals surface area contributed by atoms with E-state index < -0.39 is 4.75 Å². The van der Waals surface area contributed by atoms with Crippen LogP contribution < -0.4 is 5.32 Å². The Bertz CT molecular complexity index is 246. The van der Waals surface area contributed by atoms with Gasteiger partial charge in [-0.25, -0.2) is 0 Å². The SMILES string of the molecule is CCSC(CC(C)(SC)C(=O)NC)=NO. The first-order chi connectivity index (χ1) is 7.03. The monoisotopic (exact) mass is 250 g/mol. The van der Waals surface area contributed by atoms with Crippen LogP contribution in [0.5, 0.6) is 0 Å². The molecule has 0 aliphatic carbocycles. The molecule has 2 N–H and O–H groups in total. The highest BCUT2D eigenvalue weighted by molar-refractivity contribution is 8.14. The van der Waals surface area contributed by atoms with Crippen LogP contribution in [0.25, 0.3) is 0 Å². The Balaban J connectivity index is 4.62. The molecule has 0 fully saturated rings. The van der Waals surface area contributed by atoms with Crippen LogP contribution in [-0.2, 0) is 4.79 Å². The Labute approximate surface area is 99.3 Å². The van der Waals surface area contributed by atoms with E-state index in [9.17, 15) is 4.79 Å². The second-order valence-corrected chi connectivity index (χ2v) is 5.76. The molecule has 0 heterocycles. The quantitative estimate of drug-likeness (QED) is 0.338. The smallest absolute Gasteiger partial charge is 0.236 e. The minimum Gasteiger partial charge on any atom is -0.410 e. The number of nitrogens with zero attached hydrogens (tertiary/aromatic N) is 1. The van der Waals surface area contributed by atoms with Crippen LogP contribution in [-0.4, -0.2) is 40.0 Å². The van der Waals surface area contributed by atoms with Crippen LogP contribution in [0.3, 0.4) is 0 Å². The van der Waals surface area contributed by atoms with Crippen LogP contribution in [0.2, 0.25) is 0 Å². The van der Waals surface area contributed by atoms with Crippen molar-refractivity contribution in [3.8, 4) is 0 Å². The van der Waals surface area contributed by atoms with Gasteiger partial charge in [0.05, 0.1) is 4.75 Å². The Hall–Kier alpha value is -0.360. The van der Waals surface area contributed by atoms with Gasteiger partial charge < -0.3 is 10.5 Å². The molecular weight excluding hydrogens is 232 g/mol. The highest BCUT2D eigenvalue weighted by atomic mass is 32.2. The van der Waals surface area contributed by atoms with E-state index in [1.165, 1.54) is 23.5 Å². The molecule has 0 saturated carbocycles. The molecule has 1 unspecified atom stereocenters. The molecule has 1 atom stereocenters. The molecule has 1 amide bonds. The fraction of sp³-hybridized carbons (Fsp3) is 0.778. The minimum atomic E-state index is -0.571. The summed E-state index contributed by atoms with van der Waals surface area (Å²) in [5.74, 6) is 0.783. The van der Waals surface area contributed by atoms with E-state index in [0.717, 1.165) is 5.75 Å². The summed E-state index contributed by atoms with van der Waals surface area (Å²) in [6.07, 6.45) is 2.32. The number of hydrogen-bond donors (Lipinski definition) is 2. The molecule has 0 rings (SSSR count). The molecule has 0 radical (unpaired) electrons. The topological polar surface area (TPSA) is 61.7 Å². The van der Waals surface area contributed by atoms with Crippen molar-refractivity contribution < 1.29 is 10.0 Å². The molecule has 0 aliphatic heterocycles. The minimum absolute atomic E-state index is 0.0483. The van der Waals surface area contributed by atoms with Crippen molar-refractivity contribution in [2.24, 2.45) is 5.16 Å². The zero-order valence-electron chi connectivity index (χ0n) is 9.53. The second kappa shape index (κ2) is 7.00. The van der Waals surface area contributed by atoms with Gasteiger partial charge in [0.2, 0.25) is 5.91 Å². The first-order valence-electron chi connectivity index (χ1n) is 4.65. The number of oxime groups is 1. The molecule has 0 aliphatic rings. The van der Waals surface area contributed by atoms with Crippen molar-refractivity contribution in [2.75, 3.05) is 19.1 Å². The molecule has 0 saturated heterocycles. The normalized spacial score (nSPS) is 15.9. The number of rotatable bonds is 5. The number of hydrogen-bond acceptors (Lipinski definition) is 5. The lowest BCUT2D eigenvalue weighted by Crippen LogP contribution is -2.41. The van der Waals surface area contributed by atoms with Crippen molar-refractivity contribution in [1.29, 1.82) is 0 Å². The van der Waals surface area contributed by atoms with Crippen molar-refractivity contribution in [2.45, 2.75) is 25.0 Å². The van der Waals surface area contributed by atoms with E-state index in [2.05, 4.69) is 10.5 Å². The maximum atomic E-state index is 11.6. The van der Waals surface area contributed by atoms with E-state index in [0.29, 0.717) is 11.5 Å². The van der Waals surface area contributed by atoms with Crippen molar-refractivity contribution in [3.63, 3.8) is 0 Å². The molecular formula is C9H18N2O2S2. The fourth-order valence-electron chi connectivity index (χ4n) is 1.08. The molecule has 4 nitrogen and oxygen atoms in total. The molecule has 0 spiro atoms. The van der Waals surface area contributed by atoms with Gasteiger partial charge in [0.1, 0.15) is 5.04 Å².